The van der Waals surface area contributed by atoms with Crippen molar-refractivity contribution < 1.29 is 9.13 Å². The molecule has 0 saturated heterocycles. The molecule has 0 heterocycles. The summed E-state index contributed by atoms with van der Waals surface area (Å²) in [6.45, 7) is 2.71. The number of ether oxygens (including phenoxy) is 1. The van der Waals surface area contributed by atoms with E-state index in [-0.39, 0.29) is 18.0 Å². The molecule has 1 aromatic rings. The molecule has 0 amide bonds. The van der Waals surface area contributed by atoms with E-state index in [0.29, 0.717) is 12.5 Å². The van der Waals surface area contributed by atoms with Crippen LogP contribution in [0.2, 0.25) is 0 Å². The fraction of sp³-hybridized carbons (Fsp3) is 0.571. The van der Waals surface area contributed by atoms with Crippen LogP contribution in [0.3, 0.4) is 0 Å². The number of benzene rings is 1. The Morgan fingerprint density at radius 3 is 2.53 bits per heavy atom. The molecule has 2 nitrogen and oxygen atoms in total. The lowest BCUT2D eigenvalue weighted by atomic mass is 9.99. The zero-order chi connectivity index (χ0) is 12.3. The second kappa shape index (κ2) is 5.61. The van der Waals surface area contributed by atoms with Crippen molar-refractivity contribution in [2.45, 2.75) is 38.3 Å². The van der Waals surface area contributed by atoms with Crippen molar-refractivity contribution in [2.75, 3.05) is 6.61 Å². The van der Waals surface area contributed by atoms with E-state index in [1.807, 2.05) is 6.92 Å². The van der Waals surface area contributed by atoms with E-state index >= 15 is 0 Å². The summed E-state index contributed by atoms with van der Waals surface area (Å²) in [5, 5.41) is 0. The van der Waals surface area contributed by atoms with Crippen molar-refractivity contribution in [1.82, 2.24) is 0 Å². The highest BCUT2D eigenvalue weighted by atomic mass is 19.1. The van der Waals surface area contributed by atoms with E-state index in [2.05, 4.69) is 0 Å². The van der Waals surface area contributed by atoms with Gasteiger partial charge in [0.05, 0.1) is 6.10 Å². The second-order valence-corrected chi connectivity index (χ2v) is 4.75. The predicted octanol–water partition coefficient (Wildman–Crippen LogP) is 2.51. The summed E-state index contributed by atoms with van der Waals surface area (Å²) >= 11 is 0. The van der Waals surface area contributed by atoms with Gasteiger partial charge in [-0.05, 0) is 49.8 Å². The first kappa shape index (κ1) is 12.5. The van der Waals surface area contributed by atoms with Gasteiger partial charge in [-0.1, -0.05) is 12.1 Å². The standard InChI is InChI=1S/C14H20FNO/c1-2-17-14(11-5-6-11)13(16)9-10-3-7-12(15)8-4-10/h3-4,7-8,11,13-14H,2,5-6,9,16H2,1H3. The number of hydrogen-bond acceptors (Lipinski definition) is 2. The van der Waals surface area contributed by atoms with Crippen LogP contribution in [0.1, 0.15) is 25.3 Å². The van der Waals surface area contributed by atoms with E-state index in [1.165, 1.54) is 25.0 Å². The Balaban J connectivity index is 1.94. The van der Waals surface area contributed by atoms with Crippen molar-refractivity contribution in [1.29, 1.82) is 0 Å². The molecule has 0 spiro atoms. The average Bonchev–Trinajstić information content (AvgIpc) is 3.13. The lowest BCUT2D eigenvalue weighted by molar-refractivity contribution is 0.0288. The van der Waals surface area contributed by atoms with Gasteiger partial charge in [0, 0.05) is 12.6 Å². The quantitative estimate of drug-likeness (QED) is 0.825. The maximum Gasteiger partial charge on any atom is 0.123 e. The summed E-state index contributed by atoms with van der Waals surface area (Å²) < 4.78 is 18.5. The highest BCUT2D eigenvalue weighted by Crippen LogP contribution is 2.36. The van der Waals surface area contributed by atoms with Crippen LogP contribution in [0, 0.1) is 11.7 Å². The third-order valence-corrected chi connectivity index (χ3v) is 3.25. The van der Waals surface area contributed by atoms with Gasteiger partial charge >= 0.3 is 0 Å². The SMILES string of the molecule is CCOC(C(N)Cc1ccc(F)cc1)C1CC1. The molecule has 1 fully saturated rings. The van der Waals surface area contributed by atoms with Crippen molar-refractivity contribution >= 4 is 0 Å². The first-order valence-electron chi connectivity index (χ1n) is 6.32. The third kappa shape index (κ3) is 3.51. The number of nitrogens with two attached hydrogens (primary N) is 1. The molecule has 3 heteroatoms. The summed E-state index contributed by atoms with van der Waals surface area (Å²) in [5.41, 5.74) is 7.27. The van der Waals surface area contributed by atoms with Crippen LogP contribution < -0.4 is 5.73 Å². The minimum atomic E-state index is -0.203. The van der Waals surface area contributed by atoms with Crippen molar-refractivity contribution in [2.24, 2.45) is 11.7 Å². The van der Waals surface area contributed by atoms with E-state index in [4.69, 9.17) is 10.5 Å². The van der Waals surface area contributed by atoms with Gasteiger partial charge in [0.1, 0.15) is 5.82 Å². The first-order valence-corrected chi connectivity index (χ1v) is 6.32. The van der Waals surface area contributed by atoms with Gasteiger partial charge in [0.15, 0.2) is 0 Å². The van der Waals surface area contributed by atoms with Crippen LogP contribution in [0.25, 0.3) is 0 Å². The highest BCUT2D eigenvalue weighted by molar-refractivity contribution is 5.17. The third-order valence-electron chi connectivity index (χ3n) is 3.25. The fourth-order valence-corrected chi connectivity index (χ4v) is 2.24. The van der Waals surface area contributed by atoms with Crippen LogP contribution >= 0.6 is 0 Å². The molecular formula is C14H20FNO. The molecule has 1 saturated carbocycles. The molecule has 1 aromatic carbocycles. The van der Waals surface area contributed by atoms with E-state index in [0.717, 1.165) is 12.0 Å². The summed E-state index contributed by atoms with van der Waals surface area (Å²) in [6, 6.07) is 6.56. The van der Waals surface area contributed by atoms with Crippen LogP contribution in [0.4, 0.5) is 4.39 Å². The first-order chi connectivity index (χ1) is 8.20. The molecule has 1 aliphatic carbocycles. The molecule has 2 rings (SSSR count). The molecule has 2 N–H and O–H groups in total. The molecule has 1 aliphatic rings. The second-order valence-electron chi connectivity index (χ2n) is 4.75. The lowest BCUT2D eigenvalue weighted by Gasteiger charge is -2.23. The van der Waals surface area contributed by atoms with Crippen LogP contribution in [-0.4, -0.2) is 18.8 Å². The fourth-order valence-electron chi connectivity index (χ4n) is 2.24. The van der Waals surface area contributed by atoms with Crippen molar-refractivity contribution in [3.63, 3.8) is 0 Å². The van der Waals surface area contributed by atoms with E-state index < -0.39 is 0 Å². The van der Waals surface area contributed by atoms with Gasteiger partial charge in [-0.25, -0.2) is 4.39 Å². The maximum absolute atomic E-state index is 12.8. The summed E-state index contributed by atoms with van der Waals surface area (Å²) in [6.07, 6.45) is 3.36. The maximum atomic E-state index is 12.8. The molecule has 17 heavy (non-hydrogen) atoms. The van der Waals surface area contributed by atoms with Gasteiger partial charge in [-0.15, -0.1) is 0 Å². The van der Waals surface area contributed by atoms with Crippen molar-refractivity contribution in [3.8, 4) is 0 Å². The van der Waals surface area contributed by atoms with Gasteiger partial charge in [-0.3, -0.25) is 0 Å². The van der Waals surface area contributed by atoms with Gasteiger partial charge in [0.25, 0.3) is 0 Å². The Morgan fingerprint density at radius 1 is 1.35 bits per heavy atom. The summed E-state index contributed by atoms with van der Waals surface area (Å²) in [5.74, 6) is 0.427. The highest BCUT2D eigenvalue weighted by Gasteiger charge is 2.35. The molecule has 94 valence electrons. The predicted molar refractivity (Wildman–Crippen MR) is 66.2 cm³/mol. The molecule has 0 radical (unpaired) electrons. The van der Waals surface area contributed by atoms with Gasteiger partial charge < -0.3 is 10.5 Å². The minimum absolute atomic E-state index is 0.00733. The van der Waals surface area contributed by atoms with Crippen LogP contribution in [0.5, 0.6) is 0 Å². The zero-order valence-corrected chi connectivity index (χ0v) is 10.2. The molecule has 2 atom stereocenters. The Morgan fingerprint density at radius 2 is 2.00 bits per heavy atom. The monoisotopic (exact) mass is 237 g/mol. The van der Waals surface area contributed by atoms with Crippen LogP contribution in [0.15, 0.2) is 24.3 Å². The molecule has 0 aliphatic heterocycles. The minimum Gasteiger partial charge on any atom is -0.377 e. The normalized spacial score (nSPS) is 19.0. The van der Waals surface area contributed by atoms with Crippen LogP contribution in [-0.2, 0) is 11.2 Å². The summed E-state index contributed by atoms with van der Waals surface area (Å²) in [7, 11) is 0. The van der Waals surface area contributed by atoms with Gasteiger partial charge in [0.2, 0.25) is 0 Å². The number of hydrogen-bond donors (Lipinski definition) is 1. The topological polar surface area (TPSA) is 35.2 Å². The molecule has 0 bridgehead atoms. The zero-order valence-electron chi connectivity index (χ0n) is 10.2. The number of rotatable bonds is 6. The Labute approximate surface area is 102 Å². The largest absolute Gasteiger partial charge is 0.377 e. The Hall–Kier alpha value is -0.930. The van der Waals surface area contributed by atoms with Gasteiger partial charge in [-0.2, -0.15) is 0 Å². The van der Waals surface area contributed by atoms with E-state index in [1.54, 1.807) is 12.1 Å². The average molecular weight is 237 g/mol. The Bertz CT molecular complexity index is 348. The summed E-state index contributed by atoms with van der Waals surface area (Å²) in [4.78, 5) is 0. The number of halogens is 1. The smallest absolute Gasteiger partial charge is 0.123 e. The molecule has 0 aromatic heterocycles. The Kier molecular flexibility index (Phi) is 4.13. The lowest BCUT2D eigenvalue weighted by Crippen LogP contribution is -2.40. The molecule has 2 unspecified atom stereocenters. The van der Waals surface area contributed by atoms with Crippen molar-refractivity contribution in [3.05, 3.63) is 35.6 Å². The van der Waals surface area contributed by atoms with E-state index in [9.17, 15) is 4.39 Å². The molecular weight excluding hydrogens is 217 g/mol.